The Kier molecular flexibility index (Phi) is 5.33. The second kappa shape index (κ2) is 7.46. The molecule has 2 fully saturated rings. The third kappa shape index (κ3) is 3.68. The fraction of sp³-hybridized carbons (Fsp3) is 0.588. The van der Waals surface area contributed by atoms with E-state index in [0.29, 0.717) is 18.8 Å². The number of ether oxygens (including phenoxy) is 2. The van der Waals surface area contributed by atoms with Crippen molar-refractivity contribution in [2.24, 2.45) is 0 Å². The van der Waals surface area contributed by atoms with E-state index in [2.05, 4.69) is 10.2 Å². The predicted octanol–water partition coefficient (Wildman–Crippen LogP) is 0.788. The van der Waals surface area contributed by atoms with Crippen LogP contribution in [0.2, 0.25) is 0 Å². The molecule has 2 aliphatic heterocycles. The first-order valence-electron chi connectivity index (χ1n) is 8.21. The van der Waals surface area contributed by atoms with Crippen LogP contribution in [-0.4, -0.2) is 67.5 Å². The number of methoxy groups -OCH3 is 1. The lowest BCUT2D eigenvalue weighted by atomic mass is 10.1. The Labute approximate surface area is 140 Å². The van der Waals surface area contributed by atoms with Crippen LogP contribution in [-0.2, 0) is 4.74 Å². The summed E-state index contributed by atoms with van der Waals surface area (Å²) in [4.78, 5) is 14.8. The first-order chi connectivity index (χ1) is 11.6. The van der Waals surface area contributed by atoms with E-state index >= 15 is 0 Å². The SMILES string of the molecule is COc1ccc(F)cc1C(=O)N[C@@H]1C[C@H]2CO[C@@H](CCO)CN2C1. The number of aliphatic hydroxyl groups is 1. The van der Waals surface area contributed by atoms with Gasteiger partial charge >= 0.3 is 0 Å². The number of carbonyl (C=O) groups excluding carboxylic acids is 1. The van der Waals surface area contributed by atoms with Gasteiger partial charge < -0.3 is 19.9 Å². The quantitative estimate of drug-likeness (QED) is 0.831. The Balaban J connectivity index is 1.61. The average Bonchev–Trinajstić information content (AvgIpc) is 2.96. The van der Waals surface area contributed by atoms with Gasteiger partial charge in [0.1, 0.15) is 11.6 Å². The van der Waals surface area contributed by atoms with Gasteiger partial charge in [0, 0.05) is 31.8 Å². The third-order valence-corrected chi connectivity index (χ3v) is 4.68. The van der Waals surface area contributed by atoms with E-state index in [9.17, 15) is 9.18 Å². The second-order valence-corrected chi connectivity index (χ2v) is 6.33. The minimum atomic E-state index is -0.468. The number of hydrogen-bond donors (Lipinski definition) is 2. The molecule has 0 aliphatic carbocycles. The highest BCUT2D eigenvalue weighted by atomic mass is 19.1. The van der Waals surface area contributed by atoms with E-state index < -0.39 is 5.82 Å². The van der Waals surface area contributed by atoms with Gasteiger partial charge in [-0.1, -0.05) is 0 Å². The molecular formula is C17H23FN2O4. The maximum atomic E-state index is 13.4. The van der Waals surface area contributed by atoms with E-state index in [4.69, 9.17) is 14.6 Å². The van der Waals surface area contributed by atoms with E-state index in [1.807, 2.05) is 0 Å². The summed E-state index contributed by atoms with van der Waals surface area (Å²) in [5, 5.41) is 12.0. The standard InChI is InChI=1S/C17H23FN2O4/c1-23-16-3-2-11(18)6-15(16)17(22)19-12-7-13-10-24-14(4-5-21)9-20(13)8-12/h2-3,6,12-14,21H,4-5,7-10H2,1H3,(H,19,22)/t12-,13+,14+/m1/s1. The Morgan fingerprint density at radius 3 is 3.08 bits per heavy atom. The van der Waals surface area contributed by atoms with Crippen LogP contribution in [0.1, 0.15) is 23.2 Å². The zero-order chi connectivity index (χ0) is 17.1. The van der Waals surface area contributed by atoms with Crippen molar-refractivity contribution >= 4 is 5.91 Å². The third-order valence-electron chi connectivity index (χ3n) is 4.68. The van der Waals surface area contributed by atoms with Gasteiger partial charge in [0.05, 0.1) is 25.4 Å². The van der Waals surface area contributed by atoms with Crippen LogP contribution >= 0.6 is 0 Å². The topological polar surface area (TPSA) is 71.0 Å². The number of hydrogen-bond acceptors (Lipinski definition) is 5. The molecule has 2 heterocycles. The molecule has 2 saturated heterocycles. The van der Waals surface area contributed by atoms with Crippen LogP contribution in [0.5, 0.6) is 5.75 Å². The summed E-state index contributed by atoms with van der Waals surface area (Å²) in [5.74, 6) is -0.440. The van der Waals surface area contributed by atoms with Gasteiger partial charge in [0.2, 0.25) is 0 Å². The largest absolute Gasteiger partial charge is 0.496 e. The van der Waals surface area contributed by atoms with Crippen LogP contribution < -0.4 is 10.1 Å². The lowest BCUT2D eigenvalue weighted by molar-refractivity contribution is -0.0566. The summed E-state index contributed by atoms with van der Waals surface area (Å²) in [6, 6.07) is 4.18. The summed E-state index contributed by atoms with van der Waals surface area (Å²) in [7, 11) is 1.46. The molecule has 0 saturated carbocycles. The van der Waals surface area contributed by atoms with Crippen LogP contribution in [0, 0.1) is 5.82 Å². The van der Waals surface area contributed by atoms with Crippen LogP contribution in [0.25, 0.3) is 0 Å². The van der Waals surface area contributed by atoms with E-state index in [1.165, 1.54) is 25.3 Å². The Bertz CT molecular complexity index is 598. The molecule has 0 aromatic heterocycles. The van der Waals surface area contributed by atoms with Crippen molar-refractivity contribution in [2.45, 2.75) is 31.0 Å². The normalized spacial score (nSPS) is 26.9. The number of nitrogens with one attached hydrogen (secondary N) is 1. The lowest BCUT2D eigenvalue weighted by Crippen LogP contribution is -2.46. The lowest BCUT2D eigenvalue weighted by Gasteiger charge is -2.34. The summed E-state index contributed by atoms with van der Waals surface area (Å²) in [6.45, 7) is 2.23. The van der Waals surface area contributed by atoms with Crippen molar-refractivity contribution in [3.8, 4) is 5.75 Å². The number of nitrogens with zero attached hydrogens (tertiary/aromatic N) is 1. The number of halogens is 1. The molecule has 1 amide bonds. The molecule has 3 rings (SSSR count). The van der Waals surface area contributed by atoms with E-state index in [1.54, 1.807) is 0 Å². The van der Waals surface area contributed by atoms with Crippen LogP contribution in [0.15, 0.2) is 18.2 Å². The number of morpholine rings is 1. The number of amides is 1. The summed E-state index contributed by atoms with van der Waals surface area (Å²) in [5.41, 5.74) is 0.205. The smallest absolute Gasteiger partial charge is 0.255 e. The van der Waals surface area contributed by atoms with Gasteiger partial charge in [0.15, 0.2) is 0 Å². The van der Waals surface area contributed by atoms with Gasteiger partial charge in [-0.05, 0) is 31.0 Å². The van der Waals surface area contributed by atoms with Crippen molar-refractivity contribution in [3.05, 3.63) is 29.6 Å². The minimum absolute atomic E-state index is 0.00745. The molecule has 0 spiro atoms. The van der Waals surface area contributed by atoms with Gasteiger partial charge in [0.25, 0.3) is 5.91 Å². The molecule has 1 aromatic rings. The van der Waals surface area contributed by atoms with Crippen molar-refractivity contribution in [1.29, 1.82) is 0 Å². The summed E-state index contributed by atoms with van der Waals surface area (Å²) >= 11 is 0. The van der Waals surface area contributed by atoms with Crippen molar-refractivity contribution in [3.63, 3.8) is 0 Å². The first kappa shape index (κ1) is 17.1. The van der Waals surface area contributed by atoms with Gasteiger partial charge in [-0.2, -0.15) is 0 Å². The molecule has 0 unspecified atom stereocenters. The first-order valence-corrected chi connectivity index (χ1v) is 8.21. The van der Waals surface area contributed by atoms with E-state index in [0.717, 1.165) is 19.5 Å². The minimum Gasteiger partial charge on any atom is -0.496 e. The van der Waals surface area contributed by atoms with Gasteiger partial charge in [-0.3, -0.25) is 9.69 Å². The zero-order valence-electron chi connectivity index (χ0n) is 13.7. The fourth-order valence-corrected chi connectivity index (χ4v) is 3.49. The number of benzene rings is 1. The Hall–Kier alpha value is -1.70. The molecule has 2 aliphatic rings. The maximum Gasteiger partial charge on any atom is 0.255 e. The Morgan fingerprint density at radius 2 is 2.33 bits per heavy atom. The van der Waals surface area contributed by atoms with Crippen LogP contribution in [0.4, 0.5) is 4.39 Å². The average molecular weight is 338 g/mol. The predicted molar refractivity (Wildman–Crippen MR) is 85.6 cm³/mol. The highest BCUT2D eigenvalue weighted by Crippen LogP contribution is 2.25. The zero-order valence-corrected chi connectivity index (χ0v) is 13.7. The van der Waals surface area contributed by atoms with Crippen molar-refractivity contribution < 1.29 is 23.8 Å². The van der Waals surface area contributed by atoms with Crippen LogP contribution in [0.3, 0.4) is 0 Å². The van der Waals surface area contributed by atoms with Gasteiger partial charge in [-0.15, -0.1) is 0 Å². The molecule has 7 heteroatoms. The monoisotopic (exact) mass is 338 g/mol. The molecule has 3 atom stereocenters. The molecule has 0 radical (unpaired) electrons. The molecular weight excluding hydrogens is 315 g/mol. The molecule has 132 valence electrons. The maximum absolute atomic E-state index is 13.4. The second-order valence-electron chi connectivity index (χ2n) is 6.33. The highest BCUT2D eigenvalue weighted by molar-refractivity contribution is 5.97. The molecule has 2 N–H and O–H groups in total. The van der Waals surface area contributed by atoms with Crippen molar-refractivity contribution in [1.82, 2.24) is 10.2 Å². The van der Waals surface area contributed by atoms with E-state index in [-0.39, 0.29) is 36.3 Å². The number of fused-ring (bicyclic) bond motifs is 1. The van der Waals surface area contributed by atoms with Crippen molar-refractivity contribution in [2.75, 3.05) is 33.4 Å². The van der Waals surface area contributed by atoms with Gasteiger partial charge in [-0.25, -0.2) is 4.39 Å². The number of carbonyl (C=O) groups is 1. The molecule has 6 nitrogen and oxygen atoms in total. The number of rotatable bonds is 5. The molecule has 24 heavy (non-hydrogen) atoms. The molecule has 0 bridgehead atoms. The summed E-state index contributed by atoms with van der Waals surface area (Å²) in [6.07, 6.45) is 1.47. The molecule has 1 aromatic carbocycles. The summed E-state index contributed by atoms with van der Waals surface area (Å²) < 4.78 is 24.3. The number of aliphatic hydroxyl groups excluding tert-OH is 1. The Morgan fingerprint density at radius 1 is 1.50 bits per heavy atom. The highest BCUT2D eigenvalue weighted by Gasteiger charge is 2.37. The fourth-order valence-electron chi connectivity index (χ4n) is 3.49.